The monoisotopic (exact) mass is 275 g/mol. The van der Waals surface area contributed by atoms with E-state index in [1.807, 2.05) is 30.3 Å². The Kier molecular flexibility index (Phi) is 5.59. The van der Waals surface area contributed by atoms with Crippen molar-refractivity contribution in [3.05, 3.63) is 30.3 Å². The molecule has 0 N–H and O–H groups in total. The standard InChI is InChI=1S/C16H21NO3/c1-13(18)16-12-15(20-17-16)10-6-3-7-11-19-14-8-4-2-5-9-14/h2,4-5,8-9,15H,3,6-7,10-12H2,1H3. The van der Waals surface area contributed by atoms with E-state index in [1.54, 1.807) is 0 Å². The minimum absolute atomic E-state index is 0.0174. The number of para-hydroxylation sites is 1. The van der Waals surface area contributed by atoms with Gasteiger partial charge in [-0.25, -0.2) is 0 Å². The fourth-order valence-electron chi connectivity index (χ4n) is 2.15. The molecule has 0 bridgehead atoms. The van der Waals surface area contributed by atoms with Crippen LogP contribution in [0.3, 0.4) is 0 Å². The second-order valence-corrected chi connectivity index (χ2v) is 5.04. The number of nitrogens with zero attached hydrogens (tertiary/aromatic N) is 1. The number of unbranched alkanes of at least 4 members (excludes halogenated alkanes) is 2. The van der Waals surface area contributed by atoms with Gasteiger partial charge in [0, 0.05) is 13.3 Å². The minimum atomic E-state index is 0.0174. The smallest absolute Gasteiger partial charge is 0.177 e. The van der Waals surface area contributed by atoms with Crippen molar-refractivity contribution < 1.29 is 14.4 Å². The Balaban J connectivity index is 1.50. The van der Waals surface area contributed by atoms with Gasteiger partial charge in [0.15, 0.2) is 5.78 Å². The van der Waals surface area contributed by atoms with Gasteiger partial charge in [0.05, 0.1) is 6.61 Å². The zero-order valence-electron chi connectivity index (χ0n) is 11.9. The van der Waals surface area contributed by atoms with E-state index in [2.05, 4.69) is 5.16 Å². The van der Waals surface area contributed by atoms with Crippen LogP contribution in [0.2, 0.25) is 0 Å². The molecular weight excluding hydrogens is 254 g/mol. The first-order chi connectivity index (χ1) is 9.75. The van der Waals surface area contributed by atoms with Crippen molar-refractivity contribution in [1.29, 1.82) is 0 Å². The lowest BCUT2D eigenvalue weighted by Crippen LogP contribution is -2.12. The summed E-state index contributed by atoms with van der Waals surface area (Å²) in [6, 6.07) is 9.85. The predicted molar refractivity (Wildman–Crippen MR) is 78.0 cm³/mol. The summed E-state index contributed by atoms with van der Waals surface area (Å²) in [5.74, 6) is 0.940. The Morgan fingerprint density at radius 2 is 2.10 bits per heavy atom. The van der Waals surface area contributed by atoms with Crippen LogP contribution in [0.1, 0.15) is 39.0 Å². The zero-order valence-corrected chi connectivity index (χ0v) is 11.9. The third-order valence-corrected chi connectivity index (χ3v) is 3.32. The van der Waals surface area contributed by atoms with Crippen molar-refractivity contribution in [3.63, 3.8) is 0 Å². The van der Waals surface area contributed by atoms with E-state index in [1.165, 1.54) is 6.92 Å². The Morgan fingerprint density at radius 1 is 1.30 bits per heavy atom. The molecule has 1 aromatic rings. The molecule has 4 heteroatoms. The van der Waals surface area contributed by atoms with Crippen LogP contribution in [-0.2, 0) is 9.63 Å². The number of ketones is 1. The second-order valence-electron chi connectivity index (χ2n) is 5.04. The molecule has 0 saturated heterocycles. The fraction of sp³-hybridized carbons (Fsp3) is 0.500. The Bertz CT molecular complexity index is 456. The van der Waals surface area contributed by atoms with Gasteiger partial charge in [0.2, 0.25) is 0 Å². The number of carbonyl (C=O) groups excluding carboxylic acids is 1. The first kappa shape index (κ1) is 14.6. The van der Waals surface area contributed by atoms with Crippen LogP contribution in [0, 0.1) is 0 Å². The molecule has 1 aromatic carbocycles. The SMILES string of the molecule is CC(=O)C1=NOC(CCCCCOc2ccccc2)C1. The van der Waals surface area contributed by atoms with Crippen molar-refractivity contribution >= 4 is 11.5 Å². The van der Waals surface area contributed by atoms with Gasteiger partial charge in [-0.05, 0) is 37.8 Å². The summed E-state index contributed by atoms with van der Waals surface area (Å²) < 4.78 is 5.63. The van der Waals surface area contributed by atoms with Crippen LogP contribution in [-0.4, -0.2) is 24.2 Å². The van der Waals surface area contributed by atoms with Crippen molar-refractivity contribution in [2.75, 3.05) is 6.61 Å². The maximum atomic E-state index is 11.1. The quantitative estimate of drug-likeness (QED) is 0.683. The number of oxime groups is 1. The van der Waals surface area contributed by atoms with E-state index in [9.17, 15) is 4.79 Å². The Labute approximate surface area is 119 Å². The lowest BCUT2D eigenvalue weighted by Gasteiger charge is -2.08. The Hall–Kier alpha value is -1.84. The molecule has 1 atom stereocenters. The molecule has 1 aliphatic heterocycles. The number of rotatable bonds is 8. The van der Waals surface area contributed by atoms with Crippen molar-refractivity contribution in [1.82, 2.24) is 0 Å². The lowest BCUT2D eigenvalue weighted by molar-refractivity contribution is -0.111. The summed E-state index contributed by atoms with van der Waals surface area (Å²) in [4.78, 5) is 16.4. The highest BCUT2D eigenvalue weighted by Gasteiger charge is 2.22. The van der Waals surface area contributed by atoms with Gasteiger partial charge in [0.1, 0.15) is 17.6 Å². The van der Waals surface area contributed by atoms with Crippen LogP contribution < -0.4 is 4.74 Å². The fourth-order valence-corrected chi connectivity index (χ4v) is 2.15. The molecular formula is C16H21NO3. The lowest BCUT2D eigenvalue weighted by atomic mass is 10.0. The van der Waals surface area contributed by atoms with Gasteiger partial charge < -0.3 is 9.57 Å². The van der Waals surface area contributed by atoms with Crippen LogP contribution in [0.15, 0.2) is 35.5 Å². The summed E-state index contributed by atoms with van der Waals surface area (Å²) in [5.41, 5.74) is 0.572. The molecule has 1 aliphatic rings. The van der Waals surface area contributed by atoms with Gasteiger partial charge in [-0.15, -0.1) is 0 Å². The van der Waals surface area contributed by atoms with E-state index in [4.69, 9.17) is 9.57 Å². The summed E-state index contributed by atoms with van der Waals surface area (Å²) in [5, 5.41) is 3.81. The molecule has 0 fully saturated rings. The largest absolute Gasteiger partial charge is 0.494 e. The maximum Gasteiger partial charge on any atom is 0.177 e. The van der Waals surface area contributed by atoms with Crippen molar-refractivity contribution in [2.45, 2.75) is 45.1 Å². The number of benzene rings is 1. The molecule has 2 rings (SSSR count). The third kappa shape index (κ3) is 4.68. The molecule has 108 valence electrons. The van der Waals surface area contributed by atoms with Crippen molar-refractivity contribution in [3.8, 4) is 5.75 Å². The van der Waals surface area contributed by atoms with E-state index in [0.29, 0.717) is 12.1 Å². The average molecular weight is 275 g/mol. The average Bonchev–Trinajstić information content (AvgIpc) is 2.93. The Morgan fingerprint density at radius 3 is 2.80 bits per heavy atom. The number of hydrogen-bond donors (Lipinski definition) is 0. The normalized spacial score (nSPS) is 17.4. The minimum Gasteiger partial charge on any atom is -0.494 e. The molecule has 0 amide bonds. The van der Waals surface area contributed by atoms with Gasteiger partial charge in [-0.3, -0.25) is 4.79 Å². The summed E-state index contributed by atoms with van der Waals surface area (Å²) in [6.07, 6.45) is 4.90. The summed E-state index contributed by atoms with van der Waals surface area (Å²) in [6.45, 7) is 2.27. The number of ether oxygens (including phenoxy) is 1. The first-order valence-corrected chi connectivity index (χ1v) is 7.17. The predicted octanol–water partition coefficient (Wildman–Crippen LogP) is 3.36. The molecule has 0 aliphatic carbocycles. The highest BCUT2D eigenvalue weighted by atomic mass is 16.6. The summed E-state index contributed by atoms with van der Waals surface area (Å²) >= 11 is 0. The maximum absolute atomic E-state index is 11.1. The van der Waals surface area contributed by atoms with Crippen LogP contribution in [0.25, 0.3) is 0 Å². The molecule has 4 nitrogen and oxygen atoms in total. The number of hydrogen-bond acceptors (Lipinski definition) is 4. The number of carbonyl (C=O) groups is 1. The van der Waals surface area contributed by atoms with Gasteiger partial charge in [-0.1, -0.05) is 23.4 Å². The number of Topliss-reactive ketones (excluding diaryl/α,β-unsaturated/α-hetero) is 1. The van der Waals surface area contributed by atoms with Crippen LogP contribution in [0.4, 0.5) is 0 Å². The van der Waals surface area contributed by atoms with E-state index < -0.39 is 0 Å². The van der Waals surface area contributed by atoms with E-state index in [0.717, 1.165) is 38.0 Å². The van der Waals surface area contributed by atoms with Gasteiger partial charge >= 0.3 is 0 Å². The summed E-state index contributed by atoms with van der Waals surface area (Å²) in [7, 11) is 0. The topological polar surface area (TPSA) is 47.9 Å². The third-order valence-electron chi connectivity index (χ3n) is 3.32. The molecule has 0 radical (unpaired) electrons. The highest BCUT2D eigenvalue weighted by Crippen LogP contribution is 2.17. The van der Waals surface area contributed by atoms with Crippen molar-refractivity contribution in [2.24, 2.45) is 5.16 Å². The molecule has 1 heterocycles. The van der Waals surface area contributed by atoms with Gasteiger partial charge in [-0.2, -0.15) is 0 Å². The molecule has 0 saturated carbocycles. The molecule has 1 unspecified atom stereocenters. The van der Waals surface area contributed by atoms with Crippen LogP contribution >= 0.6 is 0 Å². The molecule has 0 aromatic heterocycles. The van der Waals surface area contributed by atoms with E-state index in [-0.39, 0.29) is 11.9 Å². The van der Waals surface area contributed by atoms with E-state index >= 15 is 0 Å². The zero-order chi connectivity index (χ0) is 14.2. The first-order valence-electron chi connectivity index (χ1n) is 7.17. The molecule has 0 spiro atoms. The van der Waals surface area contributed by atoms with Gasteiger partial charge in [0.25, 0.3) is 0 Å². The molecule has 20 heavy (non-hydrogen) atoms. The highest BCUT2D eigenvalue weighted by molar-refractivity contribution is 6.39. The second kappa shape index (κ2) is 7.68. The van der Waals surface area contributed by atoms with Crippen LogP contribution in [0.5, 0.6) is 5.75 Å².